The zero-order valence-electron chi connectivity index (χ0n) is 11.7. The predicted octanol–water partition coefficient (Wildman–Crippen LogP) is 0.681. The van der Waals surface area contributed by atoms with E-state index in [2.05, 4.69) is 26.8 Å². The molecule has 3 heterocycles. The van der Waals surface area contributed by atoms with E-state index in [1.165, 1.54) is 18.5 Å². The highest BCUT2D eigenvalue weighted by Gasteiger charge is 2.22. The van der Waals surface area contributed by atoms with E-state index in [-0.39, 0.29) is 0 Å². The first-order valence-electron chi connectivity index (χ1n) is 7.34. The second-order valence-electron chi connectivity index (χ2n) is 5.75. The van der Waals surface area contributed by atoms with Crippen LogP contribution in [0.25, 0.3) is 0 Å². The van der Waals surface area contributed by atoms with Gasteiger partial charge >= 0.3 is 0 Å². The number of nitrogens with zero attached hydrogens (tertiary/aromatic N) is 3. The van der Waals surface area contributed by atoms with Gasteiger partial charge in [-0.1, -0.05) is 0 Å². The molecule has 2 aliphatic heterocycles. The second kappa shape index (κ2) is 6.03. The summed E-state index contributed by atoms with van der Waals surface area (Å²) in [6, 6.07) is 0. The van der Waals surface area contributed by atoms with Gasteiger partial charge in [-0.2, -0.15) is 0 Å². The summed E-state index contributed by atoms with van der Waals surface area (Å²) in [7, 11) is 2.16. The summed E-state index contributed by atoms with van der Waals surface area (Å²) in [5, 5.41) is 3.42. The van der Waals surface area contributed by atoms with Crippen molar-refractivity contribution < 1.29 is 4.74 Å². The summed E-state index contributed by atoms with van der Waals surface area (Å²) in [6.07, 6.45) is 6.75. The highest BCUT2D eigenvalue weighted by Crippen LogP contribution is 2.25. The standard InChI is InChI=1S/C14H24N4O/c1-17-6-7-19-13(9-17)10-18-11-16-8-14(18)12-2-4-15-5-3-12/h8,11-13,15H,2-7,9-10H2,1H3. The van der Waals surface area contributed by atoms with Crippen LogP contribution in [0.4, 0.5) is 0 Å². The van der Waals surface area contributed by atoms with Crippen LogP contribution in [-0.4, -0.2) is 60.4 Å². The number of rotatable bonds is 3. The van der Waals surface area contributed by atoms with E-state index in [9.17, 15) is 0 Å². The molecule has 1 aromatic heterocycles. The first-order chi connectivity index (χ1) is 9.33. The number of imidazole rings is 1. The van der Waals surface area contributed by atoms with Gasteiger partial charge in [0.1, 0.15) is 0 Å². The Bertz CT molecular complexity index is 400. The zero-order valence-corrected chi connectivity index (χ0v) is 11.7. The van der Waals surface area contributed by atoms with Crippen LogP contribution in [0.1, 0.15) is 24.5 Å². The first kappa shape index (κ1) is 13.1. The van der Waals surface area contributed by atoms with Crippen molar-refractivity contribution in [1.82, 2.24) is 19.8 Å². The van der Waals surface area contributed by atoms with E-state index in [4.69, 9.17) is 4.74 Å². The number of piperidine rings is 1. The van der Waals surface area contributed by atoms with Crippen LogP contribution in [0, 0.1) is 0 Å². The number of ether oxygens (including phenoxy) is 1. The van der Waals surface area contributed by atoms with Crippen molar-refractivity contribution in [2.45, 2.75) is 31.4 Å². The largest absolute Gasteiger partial charge is 0.374 e. The van der Waals surface area contributed by atoms with Gasteiger partial charge in [-0.3, -0.25) is 0 Å². The lowest BCUT2D eigenvalue weighted by Gasteiger charge is -2.31. The molecule has 1 N–H and O–H groups in total. The number of aromatic nitrogens is 2. The molecule has 0 radical (unpaired) electrons. The molecule has 106 valence electrons. The molecule has 2 fully saturated rings. The summed E-state index contributed by atoms with van der Waals surface area (Å²) < 4.78 is 8.17. The minimum absolute atomic E-state index is 0.299. The third kappa shape index (κ3) is 3.16. The van der Waals surface area contributed by atoms with Gasteiger partial charge in [-0.25, -0.2) is 4.98 Å². The van der Waals surface area contributed by atoms with Crippen LogP contribution in [0.3, 0.4) is 0 Å². The van der Waals surface area contributed by atoms with Gasteiger partial charge in [0.25, 0.3) is 0 Å². The van der Waals surface area contributed by atoms with E-state index in [1.807, 2.05) is 12.5 Å². The lowest BCUT2D eigenvalue weighted by molar-refractivity contribution is -0.0279. The summed E-state index contributed by atoms with van der Waals surface area (Å²) in [4.78, 5) is 6.70. The maximum absolute atomic E-state index is 5.86. The summed E-state index contributed by atoms with van der Waals surface area (Å²) in [5.74, 6) is 0.657. The molecule has 1 atom stereocenters. The molecule has 19 heavy (non-hydrogen) atoms. The average molecular weight is 264 g/mol. The topological polar surface area (TPSA) is 42.3 Å². The van der Waals surface area contributed by atoms with E-state index in [0.29, 0.717) is 12.0 Å². The first-order valence-corrected chi connectivity index (χ1v) is 7.34. The van der Waals surface area contributed by atoms with Crippen molar-refractivity contribution in [2.75, 3.05) is 39.8 Å². The molecule has 3 rings (SSSR count). The molecular formula is C14H24N4O. The van der Waals surface area contributed by atoms with Crippen LogP contribution in [0.2, 0.25) is 0 Å². The zero-order chi connectivity index (χ0) is 13.1. The Morgan fingerprint density at radius 1 is 1.42 bits per heavy atom. The van der Waals surface area contributed by atoms with Crippen molar-refractivity contribution in [1.29, 1.82) is 0 Å². The number of morpholine rings is 1. The number of likely N-dealkylation sites (N-methyl/N-ethyl adjacent to an activating group) is 1. The molecule has 2 aliphatic rings. The van der Waals surface area contributed by atoms with E-state index < -0.39 is 0 Å². The van der Waals surface area contributed by atoms with Crippen LogP contribution < -0.4 is 5.32 Å². The van der Waals surface area contributed by atoms with Crippen molar-refractivity contribution in [3.63, 3.8) is 0 Å². The Morgan fingerprint density at radius 2 is 2.26 bits per heavy atom. The Labute approximate surface area is 114 Å². The molecule has 1 aromatic rings. The fourth-order valence-corrected chi connectivity index (χ4v) is 3.14. The van der Waals surface area contributed by atoms with Gasteiger partial charge in [-0.15, -0.1) is 0 Å². The van der Waals surface area contributed by atoms with Crippen molar-refractivity contribution >= 4 is 0 Å². The van der Waals surface area contributed by atoms with Crippen molar-refractivity contribution in [3.8, 4) is 0 Å². The smallest absolute Gasteiger partial charge is 0.0949 e. The Hall–Kier alpha value is -0.910. The van der Waals surface area contributed by atoms with Gasteiger partial charge in [0.15, 0.2) is 0 Å². The van der Waals surface area contributed by atoms with E-state index in [1.54, 1.807) is 0 Å². The maximum Gasteiger partial charge on any atom is 0.0949 e. The Morgan fingerprint density at radius 3 is 3.05 bits per heavy atom. The number of hydrogen-bond acceptors (Lipinski definition) is 4. The molecule has 0 spiro atoms. The van der Waals surface area contributed by atoms with Gasteiger partial charge in [0.05, 0.1) is 25.6 Å². The molecule has 0 aromatic carbocycles. The van der Waals surface area contributed by atoms with Gasteiger partial charge in [0.2, 0.25) is 0 Å². The third-order valence-electron chi connectivity index (χ3n) is 4.24. The van der Waals surface area contributed by atoms with Crippen LogP contribution >= 0.6 is 0 Å². The minimum atomic E-state index is 0.299. The average Bonchev–Trinajstić information content (AvgIpc) is 2.88. The summed E-state index contributed by atoms with van der Waals surface area (Å²) >= 11 is 0. The molecule has 1 unspecified atom stereocenters. The normalized spacial score (nSPS) is 26.7. The fourth-order valence-electron chi connectivity index (χ4n) is 3.14. The van der Waals surface area contributed by atoms with Crippen LogP contribution in [0.15, 0.2) is 12.5 Å². The van der Waals surface area contributed by atoms with Crippen molar-refractivity contribution in [2.24, 2.45) is 0 Å². The molecule has 0 aliphatic carbocycles. The summed E-state index contributed by atoms with van der Waals surface area (Å²) in [6.45, 7) is 6.09. The lowest BCUT2D eigenvalue weighted by atomic mass is 9.95. The monoisotopic (exact) mass is 264 g/mol. The van der Waals surface area contributed by atoms with Crippen LogP contribution in [-0.2, 0) is 11.3 Å². The molecule has 0 bridgehead atoms. The van der Waals surface area contributed by atoms with Gasteiger partial charge in [-0.05, 0) is 33.0 Å². The Balaban J connectivity index is 1.65. The molecular weight excluding hydrogens is 240 g/mol. The molecule has 0 saturated carbocycles. The Kier molecular flexibility index (Phi) is 4.15. The number of nitrogens with one attached hydrogen (secondary N) is 1. The SMILES string of the molecule is CN1CCOC(Cn2cncc2C2CCNCC2)C1. The second-order valence-corrected chi connectivity index (χ2v) is 5.75. The van der Waals surface area contributed by atoms with E-state index in [0.717, 1.165) is 39.3 Å². The predicted molar refractivity (Wildman–Crippen MR) is 74.3 cm³/mol. The number of hydrogen-bond donors (Lipinski definition) is 1. The lowest BCUT2D eigenvalue weighted by Crippen LogP contribution is -2.42. The molecule has 5 heteroatoms. The molecule has 2 saturated heterocycles. The van der Waals surface area contributed by atoms with Crippen LogP contribution in [0.5, 0.6) is 0 Å². The molecule has 5 nitrogen and oxygen atoms in total. The molecule has 0 amide bonds. The quantitative estimate of drug-likeness (QED) is 0.872. The fraction of sp³-hybridized carbons (Fsp3) is 0.786. The highest BCUT2D eigenvalue weighted by atomic mass is 16.5. The highest BCUT2D eigenvalue weighted by molar-refractivity contribution is 5.08. The van der Waals surface area contributed by atoms with Gasteiger partial charge in [0, 0.05) is 30.9 Å². The minimum Gasteiger partial charge on any atom is -0.374 e. The summed E-state index contributed by atoms with van der Waals surface area (Å²) in [5.41, 5.74) is 1.39. The maximum atomic E-state index is 5.86. The third-order valence-corrected chi connectivity index (χ3v) is 4.24. The van der Waals surface area contributed by atoms with Gasteiger partial charge < -0.3 is 19.5 Å². The van der Waals surface area contributed by atoms with Crippen molar-refractivity contribution in [3.05, 3.63) is 18.2 Å². The van der Waals surface area contributed by atoms with E-state index >= 15 is 0 Å².